The summed E-state index contributed by atoms with van der Waals surface area (Å²) in [5.74, 6) is -1.88. The summed E-state index contributed by atoms with van der Waals surface area (Å²) in [7, 11) is 0. The van der Waals surface area contributed by atoms with Crippen molar-refractivity contribution >= 4 is 11.9 Å². The molecular weight excluding hydrogens is 448 g/mol. The van der Waals surface area contributed by atoms with Crippen LogP contribution < -0.4 is 4.74 Å². The van der Waals surface area contributed by atoms with Crippen molar-refractivity contribution in [3.8, 4) is 5.75 Å². The van der Waals surface area contributed by atoms with Gasteiger partial charge in [-0.25, -0.2) is 8.70 Å². The van der Waals surface area contributed by atoms with Crippen LogP contribution in [0.3, 0.4) is 0 Å². The molecule has 0 radical (unpaired) electrons. The summed E-state index contributed by atoms with van der Waals surface area (Å²) < 4.78 is 62.7. The molecule has 11 heteroatoms. The molecule has 2 aromatic rings. The SMILES string of the molecule is C=CSN1CCN(Cc2ccc(OC(F)(F)F)c(F)c2)C(COCc2ccn[nH]2)C1.CC. The summed E-state index contributed by atoms with van der Waals surface area (Å²) in [4.78, 5) is 2.13. The molecule has 1 N–H and O–H groups in total. The smallest absolute Gasteiger partial charge is 0.403 e. The van der Waals surface area contributed by atoms with E-state index in [1.54, 1.807) is 11.6 Å². The maximum atomic E-state index is 14.1. The highest BCUT2D eigenvalue weighted by Crippen LogP contribution is 2.27. The van der Waals surface area contributed by atoms with E-state index in [0.717, 1.165) is 24.4 Å². The van der Waals surface area contributed by atoms with E-state index in [2.05, 4.69) is 30.7 Å². The van der Waals surface area contributed by atoms with Crippen LogP contribution in [0.25, 0.3) is 0 Å². The molecule has 1 aromatic carbocycles. The molecule has 1 fully saturated rings. The minimum Gasteiger partial charge on any atom is -0.403 e. The molecule has 178 valence electrons. The maximum Gasteiger partial charge on any atom is 0.573 e. The summed E-state index contributed by atoms with van der Waals surface area (Å²) in [5.41, 5.74) is 1.42. The van der Waals surface area contributed by atoms with Gasteiger partial charge in [0, 0.05) is 38.4 Å². The number of ether oxygens (including phenoxy) is 2. The van der Waals surface area contributed by atoms with Crippen molar-refractivity contribution < 1.29 is 27.0 Å². The predicted octanol–water partition coefficient (Wildman–Crippen LogP) is 4.97. The zero-order chi connectivity index (χ0) is 23.6. The Morgan fingerprint density at radius 1 is 1.28 bits per heavy atom. The fourth-order valence-corrected chi connectivity index (χ4v) is 3.84. The van der Waals surface area contributed by atoms with Crippen LogP contribution in [0.5, 0.6) is 5.75 Å². The zero-order valence-corrected chi connectivity index (χ0v) is 18.9. The number of rotatable bonds is 9. The molecule has 1 saturated heterocycles. The first kappa shape index (κ1) is 26.2. The first-order valence-electron chi connectivity index (χ1n) is 10.2. The molecule has 1 aliphatic rings. The minimum atomic E-state index is -4.93. The number of aromatic nitrogens is 2. The summed E-state index contributed by atoms with van der Waals surface area (Å²) >= 11 is 1.52. The number of nitrogens with zero attached hydrogens (tertiary/aromatic N) is 3. The molecule has 2 heterocycles. The first-order valence-corrected chi connectivity index (χ1v) is 11.0. The third kappa shape index (κ3) is 8.45. The number of nitrogens with one attached hydrogen (secondary N) is 1. The molecule has 1 unspecified atom stereocenters. The average Bonchev–Trinajstić information content (AvgIpc) is 3.26. The second-order valence-corrected chi connectivity index (χ2v) is 7.75. The summed E-state index contributed by atoms with van der Waals surface area (Å²) in [6, 6.07) is 5.37. The van der Waals surface area contributed by atoms with Crippen LogP contribution in [0.15, 0.2) is 42.4 Å². The fourth-order valence-electron chi connectivity index (χ4n) is 3.19. The number of piperazine rings is 1. The Hall–Kier alpha value is -2.08. The number of benzene rings is 1. The topological polar surface area (TPSA) is 53.6 Å². The Labute approximate surface area is 189 Å². The van der Waals surface area contributed by atoms with E-state index >= 15 is 0 Å². The number of aromatic amines is 1. The number of halogens is 4. The summed E-state index contributed by atoms with van der Waals surface area (Å²) in [6.45, 7) is 11.1. The van der Waals surface area contributed by atoms with Crippen molar-refractivity contribution in [3.05, 3.63) is 59.5 Å². The number of H-pyrrole nitrogens is 1. The zero-order valence-electron chi connectivity index (χ0n) is 18.1. The van der Waals surface area contributed by atoms with Gasteiger partial charge in [-0.15, -0.1) is 13.2 Å². The Bertz CT molecular complexity index is 821. The number of hydrogen-bond donors (Lipinski definition) is 1. The van der Waals surface area contributed by atoms with Crippen molar-refractivity contribution in [3.63, 3.8) is 0 Å². The standard InChI is InChI=1S/C19H22F4N4O2S.C2H6/c1-2-30-27-8-7-26(16(11-27)13-28-12-15-5-6-24-25-15)10-14-3-4-18(17(20)9-14)29-19(21,22)23;1-2/h2-6,9,16H,1,7-8,10-13H2,(H,24,25);1-2H3. The van der Waals surface area contributed by atoms with Gasteiger partial charge in [0.25, 0.3) is 0 Å². The van der Waals surface area contributed by atoms with Crippen molar-refractivity contribution in [1.29, 1.82) is 0 Å². The number of hydrogen-bond acceptors (Lipinski definition) is 6. The van der Waals surface area contributed by atoms with Crippen molar-refractivity contribution in [2.45, 2.75) is 39.4 Å². The van der Waals surface area contributed by atoms with E-state index in [4.69, 9.17) is 4.74 Å². The number of alkyl halides is 3. The minimum absolute atomic E-state index is 0.0169. The highest BCUT2D eigenvalue weighted by atomic mass is 32.2. The molecule has 0 bridgehead atoms. The molecule has 6 nitrogen and oxygen atoms in total. The third-order valence-corrected chi connectivity index (χ3v) is 5.30. The van der Waals surface area contributed by atoms with Crippen LogP contribution >= 0.6 is 11.9 Å². The van der Waals surface area contributed by atoms with Crippen LogP contribution in [-0.4, -0.2) is 58.0 Å². The van der Waals surface area contributed by atoms with E-state index in [0.29, 0.717) is 38.4 Å². The quantitative estimate of drug-likeness (QED) is 0.408. The molecule has 0 aliphatic carbocycles. The van der Waals surface area contributed by atoms with Gasteiger partial charge >= 0.3 is 6.36 Å². The Balaban J connectivity index is 0.00000176. The highest BCUT2D eigenvalue weighted by Gasteiger charge is 2.32. The lowest BCUT2D eigenvalue weighted by Gasteiger charge is -2.40. The molecule has 32 heavy (non-hydrogen) atoms. The summed E-state index contributed by atoms with van der Waals surface area (Å²) in [6.07, 6.45) is -3.28. The lowest BCUT2D eigenvalue weighted by Crippen LogP contribution is -2.52. The van der Waals surface area contributed by atoms with Gasteiger partial charge < -0.3 is 9.47 Å². The maximum absolute atomic E-state index is 14.1. The van der Waals surface area contributed by atoms with Crippen molar-refractivity contribution in [1.82, 2.24) is 19.4 Å². The second kappa shape index (κ2) is 12.8. The average molecular weight is 477 g/mol. The monoisotopic (exact) mass is 476 g/mol. The predicted molar refractivity (Wildman–Crippen MR) is 116 cm³/mol. The Kier molecular flexibility index (Phi) is 10.5. The van der Waals surface area contributed by atoms with Gasteiger partial charge in [0.1, 0.15) is 0 Å². The van der Waals surface area contributed by atoms with Crippen LogP contribution in [0.2, 0.25) is 0 Å². The van der Waals surface area contributed by atoms with Gasteiger partial charge in [-0.3, -0.25) is 10.00 Å². The Morgan fingerprint density at radius 2 is 2.06 bits per heavy atom. The molecule has 0 amide bonds. The van der Waals surface area contributed by atoms with Gasteiger partial charge in [-0.1, -0.05) is 38.4 Å². The van der Waals surface area contributed by atoms with E-state index in [1.165, 1.54) is 18.0 Å². The molecule has 1 aromatic heterocycles. The van der Waals surface area contributed by atoms with Gasteiger partial charge in [-0.05, 0) is 29.2 Å². The van der Waals surface area contributed by atoms with Gasteiger partial charge in [0.15, 0.2) is 11.6 Å². The largest absolute Gasteiger partial charge is 0.573 e. The van der Waals surface area contributed by atoms with Crippen molar-refractivity contribution in [2.75, 3.05) is 26.2 Å². The van der Waals surface area contributed by atoms with Crippen LogP contribution in [0.4, 0.5) is 17.6 Å². The molecule has 1 aliphatic heterocycles. The highest BCUT2D eigenvalue weighted by molar-refractivity contribution is 7.99. The lowest BCUT2D eigenvalue weighted by molar-refractivity contribution is -0.275. The van der Waals surface area contributed by atoms with Crippen LogP contribution in [0, 0.1) is 5.82 Å². The van der Waals surface area contributed by atoms with E-state index in [9.17, 15) is 17.6 Å². The molecule has 0 saturated carbocycles. The third-order valence-electron chi connectivity index (χ3n) is 4.52. The Morgan fingerprint density at radius 3 is 2.69 bits per heavy atom. The van der Waals surface area contributed by atoms with Crippen LogP contribution in [0.1, 0.15) is 25.1 Å². The van der Waals surface area contributed by atoms with Gasteiger partial charge in [0.2, 0.25) is 0 Å². The molecule has 0 spiro atoms. The van der Waals surface area contributed by atoms with E-state index in [1.807, 2.05) is 19.9 Å². The first-order chi connectivity index (χ1) is 15.3. The fraction of sp³-hybridized carbons (Fsp3) is 0.476. The molecule has 1 atom stereocenters. The normalized spacial score (nSPS) is 17.5. The van der Waals surface area contributed by atoms with Crippen molar-refractivity contribution in [2.24, 2.45) is 0 Å². The summed E-state index contributed by atoms with van der Waals surface area (Å²) in [5, 5.41) is 8.47. The van der Waals surface area contributed by atoms with Crippen LogP contribution in [-0.2, 0) is 17.9 Å². The van der Waals surface area contributed by atoms with Gasteiger partial charge in [-0.2, -0.15) is 5.10 Å². The molecule has 3 rings (SSSR count). The lowest BCUT2D eigenvalue weighted by atomic mass is 10.1. The van der Waals surface area contributed by atoms with E-state index < -0.39 is 17.9 Å². The van der Waals surface area contributed by atoms with Gasteiger partial charge in [0.05, 0.1) is 18.9 Å². The van der Waals surface area contributed by atoms with E-state index in [-0.39, 0.29) is 6.04 Å². The second-order valence-electron chi connectivity index (χ2n) is 6.69. The molecular formula is C21H28F4N4O2S.